The average Bonchev–Trinajstić information content (AvgIpc) is 2.89. The third-order valence-corrected chi connectivity index (χ3v) is 6.56. The van der Waals surface area contributed by atoms with Crippen molar-refractivity contribution >= 4 is 33.7 Å². The number of nitrogens with one attached hydrogen (secondary N) is 1. The molecule has 1 unspecified atom stereocenters. The molecule has 9 heteroatoms. The van der Waals surface area contributed by atoms with Crippen LogP contribution in [-0.2, 0) is 16.1 Å². The third-order valence-electron chi connectivity index (χ3n) is 6.04. The first-order valence-electron chi connectivity index (χ1n) is 13.0. The minimum Gasteiger partial charge on any atom is -0.370 e. The largest absolute Gasteiger partial charge is 0.370 e. The number of carbonyl (C=O) groups is 2. The quantitative estimate of drug-likeness (QED) is 0.129. The number of amides is 2. The minimum absolute atomic E-state index is 0.0330. The van der Waals surface area contributed by atoms with Gasteiger partial charge in [-0.05, 0) is 55.5 Å². The SMILES string of the molecule is NCCCCNC(=O)C(c1ccc(Br)cc1)N(Cc1ccccc1)C(=O)CCCCCCCN=C(N)N. The van der Waals surface area contributed by atoms with Crippen LogP contribution in [0.4, 0.5) is 0 Å². The van der Waals surface area contributed by atoms with Gasteiger partial charge in [-0.1, -0.05) is 77.7 Å². The number of unbranched alkanes of at least 4 members (excludes halogenated alkanes) is 5. The van der Waals surface area contributed by atoms with Crippen molar-refractivity contribution in [1.82, 2.24) is 10.2 Å². The molecule has 0 bridgehead atoms. The zero-order valence-electron chi connectivity index (χ0n) is 21.6. The monoisotopic (exact) mass is 572 g/mol. The Kier molecular flexibility index (Phi) is 14.4. The zero-order valence-corrected chi connectivity index (χ0v) is 23.2. The van der Waals surface area contributed by atoms with Gasteiger partial charge < -0.3 is 27.4 Å². The Morgan fingerprint density at radius 2 is 1.57 bits per heavy atom. The lowest BCUT2D eigenvalue weighted by atomic mass is 10.0. The fourth-order valence-electron chi connectivity index (χ4n) is 4.07. The lowest BCUT2D eigenvalue weighted by molar-refractivity contribution is -0.141. The van der Waals surface area contributed by atoms with Crippen molar-refractivity contribution in [1.29, 1.82) is 0 Å². The lowest BCUT2D eigenvalue weighted by Crippen LogP contribution is -2.43. The molecule has 0 heterocycles. The van der Waals surface area contributed by atoms with Crippen molar-refractivity contribution in [3.8, 4) is 0 Å². The van der Waals surface area contributed by atoms with E-state index in [2.05, 4.69) is 26.2 Å². The number of nitrogens with two attached hydrogens (primary N) is 3. The summed E-state index contributed by atoms with van der Waals surface area (Å²) < 4.78 is 0.916. The van der Waals surface area contributed by atoms with Crippen molar-refractivity contribution in [2.24, 2.45) is 22.2 Å². The first-order valence-corrected chi connectivity index (χ1v) is 13.8. The summed E-state index contributed by atoms with van der Waals surface area (Å²) in [7, 11) is 0. The molecule has 8 nitrogen and oxygen atoms in total. The van der Waals surface area contributed by atoms with Crippen molar-refractivity contribution < 1.29 is 9.59 Å². The smallest absolute Gasteiger partial charge is 0.247 e. The fourth-order valence-corrected chi connectivity index (χ4v) is 4.33. The van der Waals surface area contributed by atoms with Crippen molar-refractivity contribution in [3.63, 3.8) is 0 Å². The summed E-state index contributed by atoms with van der Waals surface area (Å²) in [6, 6.07) is 16.7. The lowest BCUT2D eigenvalue weighted by Gasteiger charge is -2.32. The van der Waals surface area contributed by atoms with Crippen molar-refractivity contribution in [3.05, 3.63) is 70.2 Å². The first kappa shape index (κ1) is 30.3. The molecule has 0 aromatic heterocycles. The number of nitrogens with zero attached hydrogens (tertiary/aromatic N) is 2. The minimum atomic E-state index is -0.724. The topological polar surface area (TPSA) is 140 Å². The summed E-state index contributed by atoms with van der Waals surface area (Å²) in [5.41, 5.74) is 18.1. The van der Waals surface area contributed by atoms with E-state index in [9.17, 15) is 9.59 Å². The summed E-state index contributed by atoms with van der Waals surface area (Å²) in [6.07, 6.45) is 6.64. The highest BCUT2D eigenvalue weighted by Crippen LogP contribution is 2.27. The van der Waals surface area contributed by atoms with Crippen molar-refractivity contribution in [2.75, 3.05) is 19.6 Å². The molecule has 1 atom stereocenters. The maximum atomic E-state index is 13.6. The zero-order chi connectivity index (χ0) is 26.9. The molecule has 0 saturated carbocycles. The first-order chi connectivity index (χ1) is 17.9. The van der Waals surface area contributed by atoms with E-state index in [-0.39, 0.29) is 17.8 Å². The molecule has 0 aliphatic heterocycles. The molecule has 2 aromatic rings. The molecule has 7 N–H and O–H groups in total. The molecule has 2 amide bonds. The van der Waals surface area contributed by atoms with Gasteiger partial charge in [0.1, 0.15) is 6.04 Å². The van der Waals surface area contributed by atoms with Crippen LogP contribution in [0.1, 0.15) is 68.5 Å². The van der Waals surface area contributed by atoms with Gasteiger partial charge >= 0.3 is 0 Å². The predicted molar refractivity (Wildman–Crippen MR) is 154 cm³/mol. The summed E-state index contributed by atoms with van der Waals surface area (Å²) in [5, 5.41) is 3.03. The standard InChI is InChI=1S/C28H41BrN6O2/c29-24-16-14-23(15-17-24)26(27(37)33-19-10-8-18-30)35(21-22-11-5-4-6-12-22)25(36)13-7-2-1-3-9-20-34-28(31)32/h4-6,11-12,14-17,26H,1-3,7-10,13,18-21,30H2,(H,33,37)(H4,31,32,34). The van der Waals surface area contributed by atoms with Gasteiger partial charge in [-0.3, -0.25) is 14.6 Å². The fraction of sp³-hybridized carbons (Fsp3) is 0.464. The number of benzene rings is 2. The second-order valence-electron chi connectivity index (χ2n) is 9.07. The summed E-state index contributed by atoms with van der Waals surface area (Å²) in [5.74, 6) is -0.0920. The van der Waals surface area contributed by atoms with Gasteiger partial charge in [0.25, 0.3) is 0 Å². The highest BCUT2D eigenvalue weighted by molar-refractivity contribution is 9.10. The maximum Gasteiger partial charge on any atom is 0.247 e. The van der Waals surface area contributed by atoms with E-state index in [1.54, 1.807) is 4.90 Å². The highest BCUT2D eigenvalue weighted by Gasteiger charge is 2.31. The number of hydrogen-bond donors (Lipinski definition) is 4. The molecule has 2 rings (SSSR count). The number of rotatable bonds is 17. The molecule has 0 radical (unpaired) electrons. The number of guanidine groups is 1. The van der Waals surface area contributed by atoms with E-state index in [0.717, 1.165) is 60.5 Å². The Bertz CT molecular complexity index is 964. The van der Waals surface area contributed by atoms with Crippen LogP contribution in [0.15, 0.2) is 64.1 Å². The van der Waals surface area contributed by atoms with E-state index < -0.39 is 6.04 Å². The molecule has 0 aliphatic carbocycles. The van der Waals surface area contributed by atoms with Crippen LogP contribution < -0.4 is 22.5 Å². The Morgan fingerprint density at radius 3 is 2.24 bits per heavy atom. The molecular weight excluding hydrogens is 532 g/mol. The summed E-state index contributed by atoms with van der Waals surface area (Å²) in [6.45, 7) is 2.09. The van der Waals surface area contributed by atoms with E-state index >= 15 is 0 Å². The third kappa shape index (κ3) is 11.8. The van der Waals surface area contributed by atoms with Crippen LogP contribution in [-0.4, -0.2) is 42.3 Å². The van der Waals surface area contributed by atoms with Crippen LogP contribution in [0.2, 0.25) is 0 Å². The predicted octanol–water partition coefficient (Wildman–Crippen LogP) is 3.99. The van der Waals surface area contributed by atoms with Crippen LogP contribution in [0.5, 0.6) is 0 Å². The summed E-state index contributed by atoms with van der Waals surface area (Å²) in [4.78, 5) is 32.8. The number of aliphatic imine (C=N–C) groups is 1. The normalized spacial score (nSPS) is 11.5. The Balaban J connectivity index is 2.14. The van der Waals surface area contributed by atoms with E-state index in [1.807, 2.05) is 54.6 Å². The van der Waals surface area contributed by atoms with Gasteiger partial charge in [0.05, 0.1) is 0 Å². The molecule has 0 aliphatic rings. The Morgan fingerprint density at radius 1 is 0.892 bits per heavy atom. The number of hydrogen-bond acceptors (Lipinski definition) is 4. The second-order valence-corrected chi connectivity index (χ2v) is 9.99. The van der Waals surface area contributed by atoms with Gasteiger partial charge in [-0.15, -0.1) is 0 Å². The van der Waals surface area contributed by atoms with E-state index in [4.69, 9.17) is 17.2 Å². The molecule has 0 spiro atoms. The van der Waals surface area contributed by atoms with Crippen LogP contribution in [0.25, 0.3) is 0 Å². The van der Waals surface area contributed by atoms with Crippen LogP contribution in [0, 0.1) is 0 Å². The van der Waals surface area contributed by atoms with Crippen molar-refractivity contribution in [2.45, 2.75) is 64.0 Å². The van der Waals surface area contributed by atoms with Crippen LogP contribution >= 0.6 is 15.9 Å². The van der Waals surface area contributed by atoms with Crippen LogP contribution in [0.3, 0.4) is 0 Å². The maximum absolute atomic E-state index is 13.6. The molecule has 2 aromatic carbocycles. The van der Waals surface area contributed by atoms with Gasteiger partial charge in [-0.25, -0.2) is 0 Å². The summed E-state index contributed by atoms with van der Waals surface area (Å²) >= 11 is 3.47. The highest BCUT2D eigenvalue weighted by atomic mass is 79.9. The second kappa shape index (κ2) is 17.5. The van der Waals surface area contributed by atoms with E-state index in [1.165, 1.54) is 0 Å². The molecule has 37 heavy (non-hydrogen) atoms. The number of halogens is 1. The molecular formula is C28H41BrN6O2. The van der Waals surface area contributed by atoms with Gasteiger partial charge in [-0.2, -0.15) is 0 Å². The average molecular weight is 574 g/mol. The van der Waals surface area contributed by atoms with Gasteiger partial charge in [0, 0.05) is 30.5 Å². The van der Waals surface area contributed by atoms with E-state index in [0.29, 0.717) is 32.6 Å². The Hall–Kier alpha value is -2.91. The molecule has 202 valence electrons. The molecule has 0 fully saturated rings. The Labute approximate surface area is 229 Å². The number of carbonyl (C=O) groups excluding carboxylic acids is 2. The molecule has 0 saturated heterocycles. The van der Waals surface area contributed by atoms with Gasteiger partial charge in [0.2, 0.25) is 11.8 Å². The van der Waals surface area contributed by atoms with Gasteiger partial charge in [0.15, 0.2) is 5.96 Å².